The molecular weight excluding hydrogens is 188 g/mol. The highest BCUT2D eigenvalue weighted by molar-refractivity contribution is 6.04. The molecule has 3 nitrogen and oxygen atoms in total. The third-order valence-electron chi connectivity index (χ3n) is 2.85. The second kappa shape index (κ2) is 3.14. The molecule has 76 valence electrons. The molecule has 0 aliphatic carbocycles. The highest BCUT2D eigenvalue weighted by Crippen LogP contribution is 2.35. The predicted octanol–water partition coefficient (Wildman–Crippen LogP) is 1.98. The molecule has 1 heterocycles. The maximum absolute atomic E-state index is 9.25. The van der Waals surface area contributed by atoms with Gasteiger partial charge in [0.1, 0.15) is 6.73 Å². The fourth-order valence-electron chi connectivity index (χ4n) is 2.12. The molecule has 0 spiro atoms. The Labute approximate surface area is 87.9 Å². The number of nitrogens with one attached hydrogen (secondary N) is 1. The lowest BCUT2D eigenvalue weighted by Gasteiger charge is -2.30. The third kappa shape index (κ3) is 1.17. The standard InChI is InChI=1S/C12H12N2O/c15-8-14-7-13-10-5-1-3-9-4-2-6-11(14)12(9)10/h1-6,13,15H,7-8H2. The van der Waals surface area contributed by atoms with Gasteiger partial charge >= 0.3 is 0 Å². The van der Waals surface area contributed by atoms with Gasteiger partial charge in [-0.15, -0.1) is 0 Å². The van der Waals surface area contributed by atoms with E-state index in [0.717, 1.165) is 11.4 Å². The number of hydrogen-bond acceptors (Lipinski definition) is 3. The Morgan fingerprint density at radius 3 is 2.80 bits per heavy atom. The summed E-state index contributed by atoms with van der Waals surface area (Å²) in [6, 6.07) is 12.4. The number of anilines is 2. The molecule has 0 atom stereocenters. The van der Waals surface area contributed by atoms with Crippen molar-refractivity contribution < 1.29 is 5.11 Å². The maximum atomic E-state index is 9.25. The van der Waals surface area contributed by atoms with Crippen LogP contribution in [-0.2, 0) is 0 Å². The predicted molar refractivity (Wildman–Crippen MR) is 62.0 cm³/mol. The van der Waals surface area contributed by atoms with Crippen LogP contribution in [-0.4, -0.2) is 18.5 Å². The molecule has 2 aromatic carbocycles. The van der Waals surface area contributed by atoms with Crippen LogP contribution < -0.4 is 10.2 Å². The van der Waals surface area contributed by atoms with E-state index in [0.29, 0.717) is 6.67 Å². The van der Waals surface area contributed by atoms with Crippen molar-refractivity contribution in [3.8, 4) is 0 Å². The van der Waals surface area contributed by atoms with Crippen LogP contribution in [0.1, 0.15) is 0 Å². The quantitative estimate of drug-likeness (QED) is 0.738. The topological polar surface area (TPSA) is 35.5 Å². The first-order chi connectivity index (χ1) is 7.40. The Kier molecular flexibility index (Phi) is 1.79. The van der Waals surface area contributed by atoms with E-state index < -0.39 is 0 Å². The molecule has 0 amide bonds. The number of rotatable bonds is 1. The van der Waals surface area contributed by atoms with Crippen LogP contribution in [0.15, 0.2) is 36.4 Å². The lowest BCUT2D eigenvalue weighted by atomic mass is 10.0. The van der Waals surface area contributed by atoms with Crippen LogP contribution in [0.2, 0.25) is 0 Å². The monoisotopic (exact) mass is 200 g/mol. The second-order valence-electron chi connectivity index (χ2n) is 3.70. The molecule has 0 radical (unpaired) electrons. The number of benzene rings is 2. The molecule has 0 fully saturated rings. The number of aliphatic hydroxyl groups is 1. The van der Waals surface area contributed by atoms with Crippen LogP contribution in [0.25, 0.3) is 10.8 Å². The van der Waals surface area contributed by atoms with Gasteiger partial charge < -0.3 is 15.3 Å². The van der Waals surface area contributed by atoms with Gasteiger partial charge in [-0.2, -0.15) is 0 Å². The Morgan fingerprint density at radius 2 is 2.00 bits per heavy atom. The molecule has 2 aromatic rings. The highest BCUT2D eigenvalue weighted by Gasteiger charge is 2.16. The summed E-state index contributed by atoms with van der Waals surface area (Å²) < 4.78 is 0. The van der Waals surface area contributed by atoms with E-state index in [1.165, 1.54) is 10.8 Å². The van der Waals surface area contributed by atoms with E-state index in [1.807, 2.05) is 23.1 Å². The molecule has 0 unspecified atom stereocenters. The van der Waals surface area contributed by atoms with E-state index in [9.17, 15) is 5.11 Å². The van der Waals surface area contributed by atoms with Gasteiger partial charge in [-0.3, -0.25) is 0 Å². The summed E-state index contributed by atoms with van der Waals surface area (Å²) in [5.41, 5.74) is 2.25. The zero-order valence-corrected chi connectivity index (χ0v) is 8.27. The first-order valence-corrected chi connectivity index (χ1v) is 5.01. The average Bonchev–Trinajstić information content (AvgIpc) is 2.30. The SMILES string of the molecule is OCN1CNc2cccc3cccc1c23. The molecule has 3 rings (SSSR count). The lowest BCUT2D eigenvalue weighted by Crippen LogP contribution is -2.33. The summed E-state index contributed by atoms with van der Waals surface area (Å²) in [6.45, 7) is 0.701. The van der Waals surface area contributed by atoms with Gasteiger partial charge in [0.15, 0.2) is 0 Å². The summed E-state index contributed by atoms with van der Waals surface area (Å²) in [7, 11) is 0. The Bertz CT molecular complexity index is 505. The van der Waals surface area contributed by atoms with Crippen molar-refractivity contribution in [2.24, 2.45) is 0 Å². The van der Waals surface area contributed by atoms with Crippen molar-refractivity contribution in [3.63, 3.8) is 0 Å². The van der Waals surface area contributed by atoms with Crippen molar-refractivity contribution >= 4 is 22.1 Å². The Balaban J connectivity index is 2.36. The molecule has 3 heteroatoms. The number of nitrogens with zero attached hydrogens (tertiary/aromatic N) is 1. The summed E-state index contributed by atoms with van der Waals surface area (Å²) in [4.78, 5) is 1.91. The van der Waals surface area contributed by atoms with Gasteiger partial charge in [0, 0.05) is 16.8 Å². The normalized spacial score (nSPS) is 14.1. The van der Waals surface area contributed by atoms with Gasteiger partial charge in [-0.25, -0.2) is 0 Å². The minimum absolute atomic E-state index is 0.0421. The smallest absolute Gasteiger partial charge is 0.117 e. The zero-order valence-electron chi connectivity index (χ0n) is 8.27. The maximum Gasteiger partial charge on any atom is 0.117 e. The van der Waals surface area contributed by atoms with Crippen LogP contribution in [0.5, 0.6) is 0 Å². The fraction of sp³-hybridized carbons (Fsp3) is 0.167. The number of aliphatic hydroxyl groups excluding tert-OH is 1. The number of hydrogen-bond donors (Lipinski definition) is 2. The minimum Gasteiger partial charge on any atom is -0.376 e. The molecule has 0 saturated carbocycles. The molecule has 15 heavy (non-hydrogen) atoms. The largest absolute Gasteiger partial charge is 0.376 e. The third-order valence-corrected chi connectivity index (χ3v) is 2.85. The van der Waals surface area contributed by atoms with E-state index in [-0.39, 0.29) is 6.73 Å². The summed E-state index contributed by atoms with van der Waals surface area (Å²) >= 11 is 0. The first-order valence-electron chi connectivity index (χ1n) is 5.01. The zero-order chi connectivity index (χ0) is 10.3. The molecule has 1 aliphatic rings. The Hall–Kier alpha value is -1.74. The summed E-state index contributed by atoms with van der Waals surface area (Å²) in [5.74, 6) is 0. The van der Waals surface area contributed by atoms with Crippen LogP contribution in [0, 0.1) is 0 Å². The summed E-state index contributed by atoms with van der Waals surface area (Å²) in [6.07, 6.45) is 0. The van der Waals surface area contributed by atoms with Gasteiger partial charge in [0.25, 0.3) is 0 Å². The van der Waals surface area contributed by atoms with Crippen LogP contribution >= 0.6 is 0 Å². The lowest BCUT2D eigenvalue weighted by molar-refractivity contribution is 0.293. The Morgan fingerprint density at radius 1 is 1.20 bits per heavy atom. The molecule has 0 saturated heterocycles. The molecule has 2 N–H and O–H groups in total. The van der Waals surface area contributed by atoms with E-state index >= 15 is 0 Å². The van der Waals surface area contributed by atoms with Crippen molar-refractivity contribution in [1.29, 1.82) is 0 Å². The van der Waals surface area contributed by atoms with Crippen molar-refractivity contribution in [1.82, 2.24) is 0 Å². The molecular formula is C12H12N2O. The summed E-state index contributed by atoms with van der Waals surface area (Å²) in [5, 5.41) is 14.9. The van der Waals surface area contributed by atoms with E-state index in [2.05, 4.69) is 23.5 Å². The van der Waals surface area contributed by atoms with Gasteiger partial charge in [0.2, 0.25) is 0 Å². The van der Waals surface area contributed by atoms with Crippen molar-refractivity contribution in [2.75, 3.05) is 23.6 Å². The van der Waals surface area contributed by atoms with E-state index in [4.69, 9.17) is 0 Å². The van der Waals surface area contributed by atoms with Crippen molar-refractivity contribution in [2.45, 2.75) is 0 Å². The molecule has 0 aromatic heterocycles. The average molecular weight is 200 g/mol. The van der Waals surface area contributed by atoms with Gasteiger partial charge in [-0.05, 0) is 17.5 Å². The van der Waals surface area contributed by atoms with Crippen molar-refractivity contribution in [3.05, 3.63) is 36.4 Å². The minimum atomic E-state index is 0.0421. The first kappa shape index (κ1) is 8.56. The van der Waals surface area contributed by atoms with Crippen LogP contribution in [0.4, 0.5) is 11.4 Å². The van der Waals surface area contributed by atoms with Crippen LogP contribution in [0.3, 0.4) is 0 Å². The van der Waals surface area contributed by atoms with Gasteiger partial charge in [-0.1, -0.05) is 24.3 Å². The second-order valence-corrected chi connectivity index (χ2v) is 3.70. The molecule has 1 aliphatic heterocycles. The fourth-order valence-corrected chi connectivity index (χ4v) is 2.12. The van der Waals surface area contributed by atoms with E-state index in [1.54, 1.807) is 0 Å². The molecule has 0 bridgehead atoms. The van der Waals surface area contributed by atoms with Gasteiger partial charge in [0.05, 0.1) is 6.67 Å². The highest BCUT2D eigenvalue weighted by atomic mass is 16.3.